The zero-order valence-electron chi connectivity index (χ0n) is 28.6. The molecule has 42 heavy (non-hydrogen) atoms. The maximum absolute atomic E-state index is 12.5. The molecule has 0 heterocycles. The van der Waals surface area contributed by atoms with Gasteiger partial charge in [-0.3, -0.25) is 9.59 Å². The van der Waals surface area contributed by atoms with E-state index in [0.717, 1.165) is 25.7 Å². The molecule has 0 amide bonds. The van der Waals surface area contributed by atoms with Crippen molar-refractivity contribution in [2.75, 3.05) is 0 Å². The Balaban J connectivity index is 3.73. The number of carbonyl (C=O) groups excluding carboxylic acids is 1. The molecule has 0 aliphatic heterocycles. The molecule has 0 aromatic carbocycles. The Morgan fingerprint density at radius 1 is 0.429 bits per heavy atom. The molecule has 0 spiro atoms. The van der Waals surface area contributed by atoms with Gasteiger partial charge in [-0.2, -0.15) is 0 Å². The summed E-state index contributed by atoms with van der Waals surface area (Å²) in [5.41, 5.74) is 0. The van der Waals surface area contributed by atoms with Gasteiger partial charge in [0.1, 0.15) is 6.10 Å². The molecule has 0 aliphatic carbocycles. The van der Waals surface area contributed by atoms with E-state index >= 15 is 0 Å². The van der Waals surface area contributed by atoms with E-state index in [0.29, 0.717) is 19.3 Å². The lowest BCUT2D eigenvalue weighted by Crippen LogP contribution is -2.18. The van der Waals surface area contributed by atoms with Gasteiger partial charge in [-0.15, -0.1) is 0 Å². The average molecular weight is 595 g/mol. The second-order valence-corrected chi connectivity index (χ2v) is 13.1. The van der Waals surface area contributed by atoms with Gasteiger partial charge >= 0.3 is 11.9 Å². The summed E-state index contributed by atoms with van der Waals surface area (Å²) in [5.74, 6) is -0.849. The minimum Gasteiger partial charge on any atom is -0.481 e. The van der Waals surface area contributed by atoms with Gasteiger partial charge in [0.15, 0.2) is 0 Å². The van der Waals surface area contributed by atoms with Gasteiger partial charge in [0.25, 0.3) is 0 Å². The molecule has 4 heteroatoms. The first kappa shape index (κ1) is 40.9. The van der Waals surface area contributed by atoms with Gasteiger partial charge in [-0.1, -0.05) is 181 Å². The SMILES string of the molecule is CCCCCCCCCCCCCCCCCCCC(=O)OC(CCCCCCCCCCCCC)CCCC(=O)O. The molecular weight excluding hydrogens is 520 g/mol. The van der Waals surface area contributed by atoms with E-state index in [2.05, 4.69) is 13.8 Å². The third-order valence-electron chi connectivity index (χ3n) is 8.83. The van der Waals surface area contributed by atoms with Gasteiger partial charge < -0.3 is 9.84 Å². The number of carbonyl (C=O) groups is 2. The number of hydrogen-bond donors (Lipinski definition) is 1. The van der Waals surface area contributed by atoms with Crippen LogP contribution in [-0.4, -0.2) is 23.1 Å². The quantitative estimate of drug-likeness (QED) is 0.0585. The molecule has 0 bridgehead atoms. The van der Waals surface area contributed by atoms with Crippen LogP contribution in [0.3, 0.4) is 0 Å². The molecule has 0 saturated carbocycles. The predicted octanol–water partition coefficient (Wildman–Crippen LogP) is 12.9. The highest BCUT2D eigenvalue weighted by Crippen LogP contribution is 2.18. The summed E-state index contributed by atoms with van der Waals surface area (Å²) in [6.07, 6.45) is 39.7. The van der Waals surface area contributed by atoms with E-state index in [9.17, 15) is 9.59 Å². The number of unbranched alkanes of at least 4 members (excludes halogenated alkanes) is 26. The first-order chi connectivity index (χ1) is 20.6. The fraction of sp³-hybridized carbons (Fsp3) is 0.947. The number of carboxylic acids is 1. The van der Waals surface area contributed by atoms with Gasteiger partial charge in [0.2, 0.25) is 0 Å². The molecule has 1 unspecified atom stereocenters. The third kappa shape index (κ3) is 33.4. The van der Waals surface area contributed by atoms with E-state index in [1.807, 2.05) is 0 Å². The highest BCUT2D eigenvalue weighted by Gasteiger charge is 2.15. The van der Waals surface area contributed by atoms with Crippen LogP contribution < -0.4 is 0 Å². The summed E-state index contributed by atoms with van der Waals surface area (Å²) in [6.45, 7) is 4.55. The summed E-state index contributed by atoms with van der Waals surface area (Å²) in [7, 11) is 0. The van der Waals surface area contributed by atoms with E-state index in [1.54, 1.807) is 0 Å². The van der Waals surface area contributed by atoms with Gasteiger partial charge in [0.05, 0.1) is 0 Å². The van der Waals surface area contributed by atoms with Crippen LogP contribution in [0.15, 0.2) is 0 Å². The van der Waals surface area contributed by atoms with Crippen molar-refractivity contribution >= 4 is 11.9 Å². The Hall–Kier alpha value is -1.06. The zero-order chi connectivity index (χ0) is 30.8. The Morgan fingerprint density at radius 3 is 1.10 bits per heavy atom. The van der Waals surface area contributed by atoms with Crippen LogP contribution in [0.5, 0.6) is 0 Å². The van der Waals surface area contributed by atoms with E-state index in [1.165, 1.54) is 161 Å². The first-order valence-electron chi connectivity index (χ1n) is 19.0. The van der Waals surface area contributed by atoms with Crippen LogP contribution in [0.1, 0.15) is 226 Å². The lowest BCUT2D eigenvalue weighted by molar-refractivity contribution is -0.150. The second kappa shape index (κ2) is 34.4. The summed E-state index contributed by atoms with van der Waals surface area (Å²) >= 11 is 0. The fourth-order valence-corrected chi connectivity index (χ4v) is 6.02. The van der Waals surface area contributed by atoms with E-state index in [-0.39, 0.29) is 18.5 Å². The molecule has 1 atom stereocenters. The molecule has 1 N–H and O–H groups in total. The van der Waals surface area contributed by atoms with Crippen molar-refractivity contribution in [1.82, 2.24) is 0 Å². The molecule has 250 valence electrons. The van der Waals surface area contributed by atoms with Crippen LogP contribution >= 0.6 is 0 Å². The maximum atomic E-state index is 12.5. The highest BCUT2D eigenvalue weighted by atomic mass is 16.5. The standard InChI is InChI=1S/C38H74O4/c1-3-5-7-9-11-13-15-16-17-18-19-20-22-24-26-28-30-35-38(41)42-36(33-31-34-37(39)40)32-29-27-25-23-21-14-12-10-8-6-4-2/h36H,3-35H2,1-2H3,(H,39,40). The smallest absolute Gasteiger partial charge is 0.306 e. The van der Waals surface area contributed by atoms with Crippen molar-refractivity contribution in [3.8, 4) is 0 Å². The average Bonchev–Trinajstić information content (AvgIpc) is 2.97. The maximum Gasteiger partial charge on any atom is 0.306 e. The predicted molar refractivity (Wildman–Crippen MR) is 181 cm³/mol. The fourth-order valence-electron chi connectivity index (χ4n) is 6.02. The van der Waals surface area contributed by atoms with E-state index in [4.69, 9.17) is 9.84 Å². The monoisotopic (exact) mass is 595 g/mol. The molecule has 0 saturated heterocycles. The Labute approximate surface area is 262 Å². The first-order valence-corrected chi connectivity index (χ1v) is 19.0. The molecule has 0 fully saturated rings. The van der Waals surface area contributed by atoms with Crippen molar-refractivity contribution < 1.29 is 19.4 Å². The Kier molecular flexibility index (Phi) is 33.6. The minimum absolute atomic E-state index is 0.0839. The van der Waals surface area contributed by atoms with Crippen LogP contribution in [-0.2, 0) is 14.3 Å². The summed E-state index contributed by atoms with van der Waals surface area (Å²) < 4.78 is 5.82. The topological polar surface area (TPSA) is 63.6 Å². The summed E-state index contributed by atoms with van der Waals surface area (Å²) in [6, 6.07) is 0. The lowest BCUT2D eigenvalue weighted by Gasteiger charge is -2.18. The van der Waals surface area contributed by atoms with E-state index < -0.39 is 5.97 Å². The number of ether oxygens (including phenoxy) is 1. The minimum atomic E-state index is -0.765. The lowest BCUT2D eigenvalue weighted by atomic mass is 10.0. The summed E-state index contributed by atoms with van der Waals surface area (Å²) in [4.78, 5) is 23.4. The third-order valence-corrected chi connectivity index (χ3v) is 8.83. The van der Waals surface area contributed by atoms with Gasteiger partial charge in [0, 0.05) is 12.8 Å². The summed E-state index contributed by atoms with van der Waals surface area (Å²) in [5, 5.41) is 8.99. The van der Waals surface area contributed by atoms with Crippen molar-refractivity contribution in [3.05, 3.63) is 0 Å². The largest absolute Gasteiger partial charge is 0.481 e. The number of carboxylic acid groups (broad SMARTS) is 1. The van der Waals surface area contributed by atoms with Crippen LogP contribution in [0.25, 0.3) is 0 Å². The number of aliphatic carboxylic acids is 1. The highest BCUT2D eigenvalue weighted by molar-refractivity contribution is 5.69. The number of rotatable bonds is 35. The van der Waals surface area contributed by atoms with Crippen molar-refractivity contribution in [2.24, 2.45) is 0 Å². The van der Waals surface area contributed by atoms with Gasteiger partial charge in [-0.25, -0.2) is 0 Å². The van der Waals surface area contributed by atoms with Crippen molar-refractivity contribution in [1.29, 1.82) is 0 Å². The van der Waals surface area contributed by atoms with Crippen molar-refractivity contribution in [2.45, 2.75) is 232 Å². The molecule has 4 nitrogen and oxygen atoms in total. The molecule has 0 aliphatic rings. The van der Waals surface area contributed by atoms with Crippen LogP contribution in [0.2, 0.25) is 0 Å². The van der Waals surface area contributed by atoms with Crippen LogP contribution in [0, 0.1) is 0 Å². The van der Waals surface area contributed by atoms with Gasteiger partial charge in [-0.05, 0) is 32.1 Å². The molecule has 0 rings (SSSR count). The Morgan fingerprint density at radius 2 is 0.738 bits per heavy atom. The van der Waals surface area contributed by atoms with Crippen molar-refractivity contribution in [3.63, 3.8) is 0 Å². The Bertz CT molecular complexity index is 561. The molecule has 0 aromatic heterocycles. The van der Waals surface area contributed by atoms with Crippen LogP contribution in [0.4, 0.5) is 0 Å². The zero-order valence-corrected chi connectivity index (χ0v) is 28.6. The molecule has 0 aromatic rings. The number of hydrogen-bond acceptors (Lipinski definition) is 3. The molecular formula is C38H74O4. The second-order valence-electron chi connectivity index (χ2n) is 13.1. The molecule has 0 radical (unpaired) electrons. The number of esters is 1. The normalized spacial score (nSPS) is 12.0.